The minimum Gasteiger partial charge on any atom is -0.489 e. The highest BCUT2D eigenvalue weighted by Gasteiger charge is 2.37. The Morgan fingerprint density at radius 3 is 2.40 bits per heavy atom. The van der Waals surface area contributed by atoms with Gasteiger partial charge in [-0.2, -0.15) is 0 Å². The van der Waals surface area contributed by atoms with Crippen LogP contribution in [-0.2, 0) is 29.2 Å². The topological polar surface area (TPSA) is 71.9 Å². The normalized spacial score (nSPS) is 15.8. The van der Waals surface area contributed by atoms with Gasteiger partial charge in [0.25, 0.3) is 11.1 Å². The average Bonchev–Trinajstić information content (AvgIpc) is 3.44. The first-order chi connectivity index (χ1) is 20.4. The van der Waals surface area contributed by atoms with Crippen molar-refractivity contribution in [2.75, 3.05) is 13.1 Å². The number of hydrogen-bond acceptors (Lipinski definition) is 5. The zero-order valence-corrected chi connectivity index (χ0v) is 24.4. The van der Waals surface area contributed by atoms with Crippen LogP contribution in [-0.4, -0.2) is 44.5 Å². The van der Waals surface area contributed by atoms with Crippen molar-refractivity contribution >= 4 is 34.9 Å². The van der Waals surface area contributed by atoms with E-state index in [2.05, 4.69) is 10.6 Å². The molecule has 1 aromatic heterocycles. The quantitative estimate of drug-likeness (QED) is 0.241. The third kappa shape index (κ3) is 5.63. The maximum atomic E-state index is 13.2. The maximum Gasteiger partial charge on any atom is 0.294 e. The van der Waals surface area contributed by atoms with Gasteiger partial charge >= 0.3 is 0 Å². The number of rotatable bonds is 7. The molecule has 4 aromatic rings. The minimum atomic E-state index is -0.430. The van der Waals surface area contributed by atoms with Crippen molar-refractivity contribution in [1.29, 1.82) is 0 Å². The van der Waals surface area contributed by atoms with Crippen LogP contribution >= 0.6 is 11.8 Å². The molecule has 0 saturated carbocycles. The van der Waals surface area contributed by atoms with Crippen LogP contribution in [0, 0.1) is 13.8 Å². The lowest BCUT2D eigenvalue weighted by atomic mass is 10.00. The van der Waals surface area contributed by atoms with Crippen molar-refractivity contribution in [2.24, 2.45) is 0 Å². The Morgan fingerprint density at radius 2 is 1.64 bits per heavy atom. The van der Waals surface area contributed by atoms with E-state index in [1.807, 2.05) is 92.7 Å². The van der Waals surface area contributed by atoms with Crippen molar-refractivity contribution in [2.45, 2.75) is 33.4 Å². The number of benzene rings is 3. The van der Waals surface area contributed by atoms with E-state index in [4.69, 9.17) is 4.74 Å². The Hall–Kier alpha value is -4.56. The molecule has 212 valence electrons. The van der Waals surface area contributed by atoms with Crippen molar-refractivity contribution in [3.8, 4) is 11.4 Å². The van der Waals surface area contributed by atoms with Crippen LogP contribution in [0.5, 0.6) is 5.75 Å². The summed E-state index contributed by atoms with van der Waals surface area (Å²) in [5.41, 5.74) is 7.21. The molecular weight excluding hydrogens is 546 g/mol. The van der Waals surface area contributed by atoms with E-state index in [1.165, 1.54) is 5.56 Å². The van der Waals surface area contributed by atoms with E-state index in [9.17, 15) is 14.4 Å². The maximum absolute atomic E-state index is 13.2. The smallest absolute Gasteiger partial charge is 0.294 e. The molecule has 0 unspecified atom stereocenters. The summed E-state index contributed by atoms with van der Waals surface area (Å²) in [5, 5.41) is -0.420. The van der Waals surface area contributed by atoms with Gasteiger partial charge in [-0.25, -0.2) is 0 Å². The summed E-state index contributed by atoms with van der Waals surface area (Å²) in [6.07, 6.45) is 2.52. The molecule has 8 heteroatoms. The average molecular weight is 578 g/mol. The number of carbonyl (C=O) groups excluding carboxylic acids is 3. The van der Waals surface area contributed by atoms with Crippen LogP contribution in [0.2, 0.25) is 0 Å². The molecule has 6 rings (SSSR count). The number of ether oxygens (including phenoxy) is 1. The highest BCUT2D eigenvalue weighted by Crippen LogP contribution is 2.34. The molecule has 0 bridgehead atoms. The number of aromatic nitrogens is 1. The highest BCUT2D eigenvalue weighted by molar-refractivity contribution is 8.18. The van der Waals surface area contributed by atoms with Crippen LogP contribution < -0.4 is 4.74 Å². The standard InChI is InChI=1S/C34H31N3O4S/c1-23-18-28(24(2)37(23)29-12-14-30(15-13-29)41-22-25-8-4-3-5-9-25)19-31-33(39)36(34(40)42-31)21-32(38)35-17-16-26-10-6-7-11-27(26)20-35/h3-15,18-19H,16-17,20-22H2,1-2H3/b31-19-. The molecule has 0 aliphatic carbocycles. The van der Waals surface area contributed by atoms with Crippen LogP contribution in [0.25, 0.3) is 11.8 Å². The van der Waals surface area contributed by atoms with Gasteiger partial charge in [-0.1, -0.05) is 54.6 Å². The van der Waals surface area contributed by atoms with Gasteiger partial charge < -0.3 is 14.2 Å². The molecule has 1 saturated heterocycles. The van der Waals surface area contributed by atoms with Crippen LogP contribution in [0.3, 0.4) is 0 Å². The second kappa shape index (κ2) is 11.7. The molecule has 0 spiro atoms. The van der Waals surface area contributed by atoms with Crippen molar-refractivity contribution < 1.29 is 19.1 Å². The molecule has 7 nitrogen and oxygen atoms in total. The lowest BCUT2D eigenvalue weighted by molar-refractivity contribution is -0.136. The molecule has 0 atom stereocenters. The largest absolute Gasteiger partial charge is 0.489 e. The molecule has 3 aromatic carbocycles. The van der Waals surface area contributed by atoms with E-state index in [1.54, 1.807) is 11.0 Å². The predicted molar refractivity (Wildman–Crippen MR) is 164 cm³/mol. The van der Waals surface area contributed by atoms with Gasteiger partial charge in [-0.3, -0.25) is 19.3 Å². The van der Waals surface area contributed by atoms with Gasteiger partial charge in [-0.15, -0.1) is 0 Å². The predicted octanol–water partition coefficient (Wildman–Crippen LogP) is 6.29. The fraction of sp³-hybridized carbons (Fsp3) is 0.206. The van der Waals surface area contributed by atoms with E-state index >= 15 is 0 Å². The van der Waals surface area contributed by atoms with Gasteiger partial charge in [0.2, 0.25) is 5.91 Å². The number of amides is 3. The summed E-state index contributed by atoms with van der Waals surface area (Å²) in [6, 6.07) is 28.0. The van der Waals surface area contributed by atoms with Gasteiger partial charge in [0.05, 0.1) is 4.91 Å². The number of aryl methyl sites for hydroxylation is 1. The molecule has 0 N–H and O–H groups in total. The van der Waals surface area contributed by atoms with E-state index < -0.39 is 11.1 Å². The van der Waals surface area contributed by atoms with Gasteiger partial charge in [-0.05, 0) is 90.7 Å². The number of nitrogens with zero attached hydrogens (tertiary/aromatic N) is 3. The molecule has 0 radical (unpaired) electrons. The Labute approximate surface area is 249 Å². The fourth-order valence-corrected chi connectivity index (χ4v) is 6.31. The second-order valence-electron chi connectivity index (χ2n) is 10.5. The monoisotopic (exact) mass is 577 g/mol. The Kier molecular flexibility index (Phi) is 7.71. The lowest BCUT2D eigenvalue weighted by Gasteiger charge is -2.29. The van der Waals surface area contributed by atoms with Gasteiger partial charge in [0.15, 0.2) is 0 Å². The molecule has 3 amide bonds. The zero-order chi connectivity index (χ0) is 29.2. The SMILES string of the molecule is Cc1cc(/C=C2\SC(=O)N(CC(=O)N3CCc4ccccc4C3)C2=O)c(C)n1-c1ccc(OCc2ccccc2)cc1. The summed E-state index contributed by atoms with van der Waals surface area (Å²) >= 11 is 0.881. The highest BCUT2D eigenvalue weighted by atomic mass is 32.2. The fourth-order valence-electron chi connectivity index (χ4n) is 5.48. The summed E-state index contributed by atoms with van der Waals surface area (Å²) < 4.78 is 8.03. The summed E-state index contributed by atoms with van der Waals surface area (Å²) in [4.78, 5) is 42.2. The zero-order valence-electron chi connectivity index (χ0n) is 23.6. The van der Waals surface area contributed by atoms with Crippen molar-refractivity contribution in [3.05, 3.63) is 123 Å². The van der Waals surface area contributed by atoms with Gasteiger partial charge in [0, 0.05) is 30.2 Å². The lowest BCUT2D eigenvalue weighted by Crippen LogP contribution is -2.44. The summed E-state index contributed by atoms with van der Waals surface area (Å²) in [6.45, 7) is 5.31. The number of fused-ring (bicyclic) bond motifs is 1. The second-order valence-corrected chi connectivity index (χ2v) is 11.5. The van der Waals surface area contributed by atoms with Crippen LogP contribution in [0.4, 0.5) is 4.79 Å². The van der Waals surface area contributed by atoms with Gasteiger partial charge in [0.1, 0.15) is 18.9 Å². The number of carbonyl (C=O) groups is 3. The molecule has 2 aliphatic heterocycles. The van der Waals surface area contributed by atoms with E-state index in [-0.39, 0.29) is 12.5 Å². The van der Waals surface area contributed by atoms with Crippen LogP contribution in [0.1, 0.15) is 33.6 Å². The third-order valence-electron chi connectivity index (χ3n) is 7.75. The first-order valence-corrected chi connectivity index (χ1v) is 14.7. The number of imide groups is 1. The number of thioether (sulfide) groups is 1. The molecule has 2 aliphatic rings. The molecular formula is C34H31N3O4S. The minimum absolute atomic E-state index is 0.220. The first kappa shape index (κ1) is 27.6. The Morgan fingerprint density at radius 1 is 0.929 bits per heavy atom. The molecule has 42 heavy (non-hydrogen) atoms. The Bertz CT molecular complexity index is 1690. The molecule has 1 fully saturated rings. The Balaban J connectivity index is 1.13. The molecule has 3 heterocycles. The summed E-state index contributed by atoms with van der Waals surface area (Å²) in [5.74, 6) is 0.130. The van der Waals surface area contributed by atoms with Crippen molar-refractivity contribution in [1.82, 2.24) is 14.4 Å². The van der Waals surface area contributed by atoms with E-state index in [0.29, 0.717) is 24.6 Å². The third-order valence-corrected chi connectivity index (χ3v) is 8.66. The van der Waals surface area contributed by atoms with Crippen LogP contribution in [0.15, 0.2) is 89.8 Å². The first-order valence-electron chi connectivity index (χ1n) is 13.9. The number of hydrogen-bond donors (Lipinski definition) is 0. The van der Waals surface area contributed by atoms with E-state index in [0.717, 1.165) is 62.6 Å². The summed E-state index contributed by atoms with van der Waals surface area (Å²) in [7, 11) is 0. The van der Waals surface area contributed by atoms with Crippen molar-refractivity contribution in [3.63, 3.8) is 0 Å².